The molecule has 0 N–H and O–H groups in total. The fourth-order valence-corrected chi connectivity index (χ4v) is 4.99. The van der Waals surface area contributed by atoms with Gasteiger partial charge in [-0.05, 0) is 50.7 Å². The molecule has 0 spiro atoms. The highest BCUT2D eigenvalue weighted by atomic mass is 19.1. The number of aryl methyl sites for hydroxylation is 1. The van der Waals surface area contributed by atoms with Crippen LogP contribution in [-0.4, -0.2) is 57.5 Å². The van der Waals surface area contributed by atoms with Crippen molar-refractivity contribution in [3.8, 4) is 22.4 Å². The Labute approximate surface area is 209 Å². The van der Waals surface area contributed by atoms with Crippen molar-refractivity contribution >= 4 is 22.5 Å². The van der Waals surface area contributed by atoms with Crippen LogP contribution in [0.25, 0.3) is 38.1 Å². The predicted molar refractivity (Wildman–Crippen MR) is 140 cm³/mol. The molecule has 5 rings (SSSR count). The lowest BCUT2D eigenvalue weighted by Crippen LogP contribution is -2.44. The summed E-state index contributed by atoms with van der Waals surface area (Å²) in [5, 5.41) is 5.20. The van der Waals surface area contributed by atoms with E-state index in [1.54, 1.807) is 28.6 Å². The molecule has 1 aliphatic rings. The molecule has 3 heterocycles. The molecule has 1 fully saturated rings. The first-order valence-corrected chi connectivity index (χ1v) is 11.9. The average Bonchev–Trinajstić information content (AvgIpc) is 3.25. The summed E-state index contributed by atoms with van der Waals surface area (Å²) in [4.78, 5) is 26.4. The van der Waals surface area contributed by atoms with Crippen molar-refractivity contribution in [2.75, 3.05) is 32.1 Å². The molecule has 0 saturated carbocycles. The van der Waals surface area contributed by atoms with E-state index < -0.39 is 5.82 Å². The van der Waals surface area contributed by atoms with E-state index in [4.69, 9.17) is 11.6 Å². The van der Waals surface area contributed by atoms with Crippen LogP contribution in [0.2, 0.25) is 0 Å². The molecule has 1 saturated heterocycles. The van der Waals surface area contributed by atoms with E-state index in [9.17, 15) is 9.18 Å². The third kappa shape index (κ3) is 4.03. The van der Waals surface area contributed by atoms with Crippen molar-refractivity contribution in [3.05, 3.63) is 70.2 Å². The topological polar surface area (TPSA) is 63.6 Å². The van der Waals surface area contributed by atoms with Gasteiger partial charge in [0.05, 0.1) is 29.5 Å². The maximum Gasteiger partial charge on any atom is 0.263 e. The van der Waals surface area contributed by atoms with Crippen LogP contribution in [0.4, 0.5) is 16.0 Å². The van der Waals surface area contributed by atoms with Crippen molar-refractivity contribution in [1.29, 1.82) is 0 Å². The van der Waals surface area contributed by atoms with E-state index in [1.807, 2.05) is 25.2 Å². The van der Waals surface area contributed by atoms with E-state index in [1.165, 1.54) is 12.1 Å². The zero-order chi connectivity index (χ0) is 25.6. The summed E-state index contributed by atoms with van der Waals surface area (Å²) < 4.78 is 18.0. The molecule has 0 bridgehead atoms. The van der Waals surface area contributed by atoms with Crippen molar-refractivity contribution in [1.82, 2.24) is 24.2 Å². The standard InChI is InChI=1S/C27H28FN7O/c1-29-22-8-6-18(15-21(22)28)25-24(17-7-9-23-19(14-17)16-30-34(23)5)26(36)33(4)27(31-25)35-12-10-20(11-13-35)32(2)3/h6-9,14-16,20H,10-13H2,2-5H3. The second-order valence-electron chi connectivity index (χ2n) is 9.50. The second-order valence-corrected chi connectivity index (χ2v) is 9.50. The molecule has 0 atom stereocenters. The highest BCUT2D eigenvalue weighted by molar-refractivity contribution is 5.89. The highest BCUT2D eigenvalue weighted by Gasteiger charge is 2.26. The minimum absolute atomic E-state index is 0.0631. The molecule has 1 aliphatic heterocycles. The molecule has 9 heteroatoms. The number of anilines is 1. The summed E-state index contributed by atoms with van der Waals surface area (Å²) >= 11 is 0. The first-order valence-electron chi connectivity index (χ1n) is 11.9. The fourth-order valence-electron chi connectivity index (χ4n) is 4.99. The average molecular weight is 486 g/mol. The van der Waals surface area contributed by atoms with Gasteiger partial charge >= 0.3 is 0 Å². The summed E-state index contributed by atoms with van der Waals surface area (Å²) in [5.41, 5.74) is 2.62. The van der Waals surface area contributed by atoms with Crippen molar-refractivity contribution in [2.45, 2.75) is 18.9 Å². The van der Waals surface area contributed by atoms with Gasteiger partial charge in [-0.1, -0.05) is 18.2 Å². The second kappa shape index (κ2) is 9.21. The summed E-state index contributed by atoms with van der Waals surface area (Å²) in [6.45, 7) is 8.73. The summed E-state index contributed by atoms with van der Waals surface area (Å²) in [5.74, 6) is -0.0694. The molecule has 36 heavy (non-hydrogen) atoms. The third-order valence-corrected chi connectivity index (χ3v) is 7.12. The van der Waals surface area contributed by atoms with Crippen LogP contribution >= 0.6 is 0 Å². The van der Waals surface area contributed by atoms with Crippen LogP contribution in [0.1, 0.15) is 12.8 Å². The number of nitrogens with zero attached hydrogens (tertiary/aromatic N) is 7. The number of halogens is 1. The van der Waals surface area contributed by atoms with Gasteiger partial charge in [0.15, 0.2) is 0 Å². The molecular formula is C27H28FN7O. The Hall–Kier alpha value is -4.03. The highest BCUT2D eigenvalue weighted by Crippen LogP contribution is 2.34. The number of piperidine rings is 1. The summed E-state index contributed by atoms with van der Waals surface area (Å²) in [6.07, 6.45) is 3.68. The third-order valence-electron chi connectivity index (χ3n) is 7.12. The minimum atomic E-state index is -0.632. The quantitative estimate of drug-likeness (QED) is 0.405. The molecule has 2 aromatic carbocycles. The number of fused-ring (bicyclic) bond motifs is 1. The van der Waals surface area contributed by atoms with E-state index in [-0.39, 0.29) is 11.2 Å². The Morgan fingerprint density at radius 1 is 1.08 bits per heavy atom. The van der Waals surface area contributed by atoms with Gasteiger partial charge in [0, 0.05) is 44.2 Å². The largest absolute Gasteiger partial charge is 0.342 e. The van der Waals surface area contributed by atoms with Crippen LogP contribution in [0.15, 0.2) is 47.4 Å². The molecule has 0 aliphatic carbocycles. The molecule has 2 aromatic heterocycles. The molecular weight excluding hydrogens is 457 g/mol. The lowest BCUT2D eigenvalue weighted by Gasteiger charge is -2.36. The molecule has 4 aromatic rings. The maximum absolute atomic E-state index is 14.7. The predicted octanol–water partition coefficient (Wildman–Crippen LogP) is 4.22. The van der Waals surface area contributed by atoms with Gasteiger partial charge in [-0.25, -0.2) is 14.2 Å². The number of aromatic nitrogens is 4. The molecule has 184 valence electrons. The van der Waals surface area contributed by atoms with Gasteiger partial charge in [-0.3, -0.25) is 14.0 Å². The van der Waals surface area contributed by atoms with E-state index in [2.05, 4.69) is 33.8 Å². The number of hydrogen-bond acceptors (Lipinski definition) is 5. The van der Waals surface area contributed by atoms with Crippen LogP contribution in [0.3, 0.4) is 0 Å². The molecule has 0 unspecified atom stereocenters. The number of hydrogen-bond donors (Lipinski definition) is 0. The zero-order valence-electron chi connectivity index (χ0n) is 20.9. The Morgan fingerprint density at radius 2 is 1.81 bits per heavy atom. The first kappa shape index (κ1) is 23.7. The van der Waals surface area contributed by atoms with Gasteiger partial charge in [-0.15, -0.1) is 0 Å². The van der Waals surface area contributed by atoms with Gasteiger partial charge in [0.25, 0.3) is 5.56 Å². The van der Waals surface area contributed by atoms with Crippen molar-refractivity contribution in [3.63, 3.8) is 0 Å². The lowest BCUT2D eigenvalue weighted by atomic mass is 9.98. The maximum atomic E-state index is 14.7. The van der Waals surface area contributed by atoms with Crippen LogP contribution in [0.5, 0.6) is 0 Å². The van der Waals surface area contributed by atoms with Crippen molar-refractivity contribution < 1.29 is 4.39 Å². The van der Waals surface area contributed by atoms with Gasteiger partial charge in [-0.2, -0.15) is 5.10 Å². The summed E-state index contributed by atoms with van der Waals surface area (Å²) in [7, 11) is 7.77. The monoisotopic (exact) mass is 485 g/mol. The minimum Gasteiger partial charge on any atom is -0.342 e. The lowest BCUT2D eigenvalue weighted by molar-refractivity contribution is 0.248. The van der Waals surface area contributed by atoms with Crippen LogP contribution in [-0.2, 0) is 14.1 Å². The Kier molecular flexibility index (Phi) is 6.06. The van der Waals surface area contributed by atoms with Crippen LogP contribution in [0, 0.1) is 12.4 Å². The van der Waals surface area contributed by atoms with E-state index in [0.717, 1.165) is 36.8 Å². The molecule has 8 nitrogen and oxygen atoms in total. The van der Waals surface area contributed by atoms with Gasteiger partial charge in [0.1, 0.15) is 5.82 Å². The Morgan fingerprint density at radius 3 is 2.47 bits per heavy atom. The number of benzene rings is 2. The van der Waals surface area contributed by atoms with Gasteiger partial charge < -0.3 is 9.80 Å². The normalized spacial score (nSPS) is 14.5. The fraction of sp³-hybridized carbons (Fsp3) is 0.333. The SMILES string of the molecule is [C-]#[N+]c1ccc(-c2nc(N3CCC(N(C)C)CC3)n(C)c(=O)c2-c2ccc3c(cnn3C)c2)cc1F. The summed E-state index contributed by atoms with van der Waals surface area (Å²) in [6, 6.07) is 10.6. The zero-order valence-corrected chi connectivity index (χ0v) is 20.9. The molecule has 0 amide bonds. The van der Waals surface area contributed by atoms with Crippen molar-refractivity contribution in [2.24, 2.45) is 14.1 Å². The Bertz CT molecular complexity index is 1560. The van der Waals surface area contributed by atoms with E-state index >= 15 is 0 Å². The van der Waals surface area contributed by atoms with Gasteiger partial charge in [0.2, 0.25) is 11.6 Å². The number of rotatable bonds is 4. The first-order chi connectivity index (χ1) is 17.3. The molecule has 0 radical (unpaired) electrons. The van der Waals surface area contributed by atoms with Crippen LogP contribution < -0.4 is 10.5 Å². The smallest absolute Gasteiger partial charge is 0.263 e. The van der Waals surface area contributed by atoms with E-state index in [0.29, 0.717) is 34.4 Å². The Balaban J connectivity index is 1.70.